The maximum Gasteiger partial charge on any atom is 0.334 e. The molecule has 0 saturated carbocycles. The quantitative estimate of drug-likeness (QED) is 0.651. The van der Waals surface area contributed by atoms with Crippen molar-refractivity contribution >= 4 is 11.0 Å². The first-order chi connectivity index (χ1) is 8.27. The van der Waals surface area contributed by atoms with Crippen molar-refractivity contribution in [2.24, 2.45) is 0 Å². The number of fused-ring (bicyclic) bond motifs is 1. The van der Waals surface area contributed by atoms with E-state index in [1.807, 2.05) is 18.2 Å². The van der Waals surface area contributed by atoms with Crippen LogP contribution in [0.4, 0.5) is 0 Å². The topological polar surface area (TPSA) is 70.7 Å². The van der Waals surface area contributed by atoms with Crippen LogP contribution < -0.4 is 11.2 Å². The van der Waals surface area contributed by atoms with Crippen molar-refractivity contribution in [3.05, 3.63) is 63.4 Å². The van der Waals surface area contributed by atoms with Gasteiger partial charge >= 0.3 is 5.69 Å². The Morgan fingerprint density at radius 2 is 1.76 bits per heavy atom. The van der Waals surface area contributed by atoms with E-state index in [2.05, 4.69) is 9.97 Å². The van der Waals surface area contributed by atoms with Crippen LogP contribution >= 0.6 is 0 Å². The lowest BCUT2D eigenvalue weighted by molar-refractivity contribution is 0.932. The van der Waals surface area contributed by atoms with E-state index in [9.17, 15) is 9.59 Å². The highest BCUT2D eigenvalue weighted by molar-refractivity contribution is 5.76. The van der Waals surface area contributed by atoms with Gasteiger partial charge in [-0.05, 0) is 18.2 Å². The largest absolute Gasteiger partial charge is 0.347 e. The average molecular weight is 227 g/mol. The predicted molar refractivity (Wildman–Crippen MR) is 64.5 cm³/mol. The molecule has 17 heavy (non-hydrogen) atoms. The maximum atomic E-state index is 11.8. The lowest BCUT2D eigenvalue weighted by Gasteiger charge is -2.05. The highest BCUT2D eigenvalue weighted by Crippen LogP contribution is 2.10. The molecule has 0 radical (unpaired) electrons. The van der Waals surface area contributed by atoms with Gasteiger partial charge in [0.25, 0.3) is 5.56 Å². The molecule has 84 valence electrons. The minimum absolute atomic E-state index is 0.376. The fourth-order valence-corrected chi connectivity index (χ4v) is 1.87. The zero-order chi connectivity index (χ0) is 11.8. The minimum atomic E-state index is -0.448. The number of nitrogens with one attached hydrogen (secondary N) is 2. The fourth-order valence-electron chi connectivity index (χ4n) is 1.87. The smallest absolute Gasteiger partial charge is 0.334 e. The number of aromatic amines is 2. The summed E-state index contributed by atoms with van der Waals surface area (Å²) in [6, 6.07) is 10.8. The van der Waals surface area contributed by atoms with Gasteiger partial charge in [-0.15, -0.1) is 0 Å². The first-order valence-corrected chi connectivity index (χ1v) is 5.15. The molecule has 5 heteroatoms. The summed E-state index contributed by atoms with van der Waals surface area (Å²) < 4.78 is 1.44. The fraction of sp³-hybridized carbons (Fsp3) is 0. The Bertz CT molecular complexity index is 781. The Balaban J connectivity index is 2.49. The lowest BCUT2D eigenvalue weighted by atomic mass is 10.3. The van der Waals surface area contributed by atoms with Crippen molar-refractivity contribution in [2.75, 3.05) is 0 Å². The summed E-state index contributed by atoms with van der Waals surface area (Å²) >= 11 is 0. The van der Waals surface area contributed by atoms with Crippen LogP contribution in [0.3, 0.4) is 0 Å². The molecule has 0 aliphatic carbocycles. The molecule has 0 atom stereocenters. The number of H-pyrrole nitrogens is 2. The summed E-state index contributed by atoms with van der Waals surface area (Å²) in [6.45, 7) is 0. The normalized spacial score (nSPS) is 10.8. The summed E-state index contributed by atoms with van der Waals surface area (Å²) in [5, 5.41) is 0.466. The number of benzene rings is 1. The van der Waals surface area contributed by atoms with Crippen LogP contribution in [0.15, 0.2) is 52.2 Å². The number of hydrogen-bond donors (Lipinski definition) is 2. The molecule has 0 aliphatic heterocycles. The highest BCUT2D eigenvalue weighted by Gasteiger charge is 2.08. The average Bonchev–Trinajstić information content (AvgIpc) is 2.79. The monoisotopic (exact) mass is 227 g/mol. The van der Waals surface area contributed by atoms with Gasteiger partial charge in [-0.2, -0.15) is 0 Å². The Kier molecular flexibility index (Phi) is 1.98. The standard InChI is InChI=1S/C12H9N3O2/c16-11-9-6-7-13-10(9)15(12(17)14-11)8-4-2-1-3-5-8/h1-7,13H,(H,14,16,17). The van der Waals surface area contributed by atoms with Crippen LogP contribution in [0.5, 0.6) is 0 Å². The van der Waals surface area contributed by atoms with Gasteiger partial charge in [0.15, 0.2) is 0 Å². The van der Waals surface area contributed by atoms with Gasteiger partial charge in [0, 0.05) is 6.20 Å². The van der Waals surface area contributed by atoms with Gasteiger partial charge in [-0.25, -0.2) is 9.36 Å². The lowest BCUT2D eigenvalue weighted by Crippen LogP contribution is -2.28. The second-order valence-corrected chi connectivity index (χ2v) is 3.67. The van der Waals surface area contributed by atoms with Crippen LogP contribution in [0, 0.1) is 0 Å². The van der Waals surface area contributed by atoms with Crippen molar-refractivity contribution in [3.8, 4) is 5.69 Å². The molecule has 5 nitrogen and oxygen atoms in total. The van der Waals surface area contributed by atoms with Gasteiger partial charge in [-0.3, -0.25) is 9.78 Å². The minimum Gasteiger partial charge on any atom is -0.347 e. The van der Waals surface area contributed by atoms with Gasteiger partial charge < -0.3 is 4.98 Å². The van der Waals surface area contributed by atoms with Gasteiger partial charge in [-0.1, -0.05) is 18.2 Å². The van der Waals surface area contributed by atoms with Crippen LogP contribution in [0.1, 0.15) is 0 Å². The Labute approximate surface area is 95.4 Å². The van der Waals surface area contributed by atoms with Crippen LogP contribution in [-0.4, -0.2) is 14.5 Å². The van der Waals surface area contributed by atoms with E-state index in [4.69, 9.17) is 0 Å². The van der Waals surface area contributed by atoms with Crippen molar-refractivity contribution in [1.82, 2.24) is 14.5 Å². The van der Waals surface area contributed by atoms with E-state index >= 15 is 0 Å². The maximum absolute atomic E-state index is 11.8. The van der Waals surface area contributed by atoms with Crippen LogP contribution in [-0.2, 0) is 0 Å². The van der Waals surface area contributed by atoms with Crippen LogP contribution in [0.2, 0.25) is 0 Å². The molecule has 1 aromatic carbocycles. The van der Waals surface area contributed by atoms with E-state index in [-0.39, 0.29) is 5.56 Å². The Morgan fingerprint density at radius 3 is 2.53 bits per heavy atom. The molecular formula is C12H9N3O2. The number of para-hydroxylation sites is 1. The van der Waals surface area contributed by atoms with E-state index in [0.717, 1.165) is 0 Å². The van der Waals surface area contributed by atoms with Crippen molar-refractivity contribution in [1.29, 1.82) is 0 Å². The van der Waals surface area contributed by atoms with Crippen molar-refractivity contribution in [3.63, 3.8) is 0 Å². The predicted octanol–water partition coefficient (Wildman–Crippen LogP) is 1.01. The van der Waals surface area contributed by atoms with Gasteiger partial charge in [0.2, 0.25) is 0 Å². The Morgan fingerprint density at radius 1 is 1.00 bits per heavy atom. The van der Waals surface area contributed by atoms with Gasteiger partial charge in [0.05, 0.1) is 11.1 Å². The molecule has 0 fully saturated rings. The molecule has 0 unspecified atom stereocenters. The third-order valence-electron chi connectivity index (χ3n) is 2.63. The Hall–Kier alpha value is -2.56. The molecule has 0 saturated heterocycles. The third kappa shape index (κ3) is 1.40. The molecular weight excluding hydrogens is 218 g/mol. The molecule has 3 aromatic rings. The van der Waals surface area contributed by atoms with Gasteiger partial charge in [0.1, 0.15) is 5.65 Å². The number of hydrogen-bond acceptors (Lipinski definition) is 2. The zero-order valence-corrected chi connectivity index (χ0v) is 8.81. The summed E-state index contributed by atoms with van der Waals surface area (Å²) in [5.41, 5.74) is 0.390. The second-order valence-electron chi connectivity index (χ2n) is 3.67. The third-order valence-corrected chi connectivity index (χ3v) is 2.63. The van der Waals surface area contributed by atoms with Crippen LogP contribution in [0.25, 0.3) is 16.7 Å². The number of nitrogens with zero attached hydrogens (tertiary/aromatic N) is 1. The van der Waals surface area contributed by atoms with Crippen molar-refractivity contribution in [2.45, 2.75) is 0 Å². The van der Waals surface area contributed by atoms with E-state index in [0.29, 0.717) is 16.7 Å². The zero-order valence-electron chi connectivity index (χ0n) is 8.81. The summed E-state index contributed by atoms with van der Waals surface area (Å²) in [5.74, 6) is 0. The summed E-state index contributed by atoms with van der Waals surface area (Å²) in [6.07, 6.45) is 1.64. The molecule has 0 amide bonds. The summed E-state index contributed by atoms with van der Waals surface area (Å²) in [7, 11) is 0. The first kappa shape index (κ1) is 9.65. The van der Waals surface area contributed by atoms with E-state index in [1.54, 1.807) is 24.4 Å². The second kappa shape index (κ2) is 3.48. The molecule has 2 N–H and O–H groups in total. The molecule has 2 heterocycles. The molecule has 3 rings (SSSR count). The molecule has 2 aromatic heterocycles. The van der Waals surface area contributed by atoms with E-state index < -0.39 is 5.69 Å². The molecule has 0 spiro atoms. The molecule has 0 bridgehead atoms. The SMILES string of the molecule is O=c1[nH]c(=O)n(-c2ccccc2)c2[nH]ccc12. The number of aromatic nitrogens is 3. The molecule has 0 aliphatic rings. The van der Waals surface area contributed by atoms with E-state index in [1.165, 1.54) is 4.57 Å². The number of rotatable bonds is 1. The first-order valence-electron chi connectivity index (χ1n) is 5.15. The summed E-state index contributed by atoms with van der Waals surface area (Å²) in [4.78, 5) is 28.6. The van der Waals surface area contributed by atoms with Crippen molar-refractivity contribution < 1.29 is 0 Å². The highest BCUT2D eigenvalue weighted by atomic mass is 16.2.